The van der Waals surface area contributed by atoms with Gasteiger partial charge in [0.05, 0.1) is 19.8 Å². The van der Waals surface area contributed by atoms with Crippen molar-refractivity contribution in [3.63, 3.8) is 0 Å². The minimum Gasteiger partial charge on any atom is -0.481 e. The molecule has 0 aromatic heterocycles. The van der Waals surface area contributed by atoms with Gasteiger partial charge >= 0.3 is 5.97 Å². The molecule has 1 aromatic carbocycles. The Labute approximate surface area is 166 Å². The maximum Gasteiger partial charge on any atom is 0.314 e. The number of methoxy groups -OCH3 is 1. The number of nitrogens with two attached hydrogens (primary N) is 1. The minimum atomic E-state index is -1.16. The molecular weight excluding hydrogens is 386 g/mol. The van der Waals surface area contributed by atoms with Crippen LogP contribution in [0.4, 0.5) is 5.69 Å². The molecule has 2 aliphatic heterocycles. The van der Waals surface area contributed by atoms with E-state index >= 15 is 0 Å². The Bertz CT molecular complexity index is 773. The average Bonchev–Trinajstić information content (AvgIpc) is 2.71. The van der Waals surface area contributed by atoms with Gasteiger partial charge in [-0.2, -0.15) is 0 Å². The van der Waals surface area contributed by atoms with Crippen LogP contribution in [0.2, 0.25) is 0 Å². The predicted octanol–water partition coefficient (Wildman–Crippen LogP) is -0.528. The SMILES string of the molecule is COCC1(C(=O)O)CS[C@@H]2C(N(C(=O)CN)c3ccc(CO)cc3)C(=O)N2C1. The van der Waals surface area contributed by atoms with E-state index in [0.29, 0.717) is 11.3 Å². The molecule has 0 bridgehead atoms. The summed E-state index contributed by atoms with van der Waals surface area (Å²) in [4.78, 5) is 40.0. The fourth-order valence-electron chi connectivity index (χ4n) is 3.58. The molecule has 2 saturated heterocycles. The maximum absolute atomic E-state index is 12.9. The van der Waals surface area contributed by atoms with Crippen LogP contribution in [0.3, 0.4) is 0 Å². The van der Waals surface area contributed by atoms with Crippen LogP contribution in [0.15, 0.2) is 24.3 Å². The average molecular weight is 409 g/mol. The number of aliphatic hydroxyl groups excluding tert-OH is 1. The summed E-state index contributed by atoms with van der Waals surface area (Å²) in [7, 11) is 1.43. The van der Waals surface area contributed by atoms with Gasteiger partial charge in [0.25, 0.3) is 0 Å². The smallest absolute Gasteiger partial charge is 0.314 e. The van der Waals surface area contributed by atoms with Gasteiger partial charge in [0, 0.05) is 25.1 Å². The van der Waals surface area contributed by atoms with Crippen LogP contribution in [0.25, 0.3) is 0 Å². The number of nitrogens with zero attached hydrogens (tertiary/aromatic N) is 2. The molecule has 10 heteroatoms. The third-order valence-electron chi connectivity index (χ3n) is 5.11. The predicted molar refractivity (Wildman–Crippen MR) is 103 cm³/mol. The molecule has 3 rings (SSSR count). The topological polar surface area (TPSA) is 133 Å². The zero-order valence-electron chi connectivity index (χ0n) is 15.4. The first-order chi connectivity index (χ1) is 13.4. The highest BCUT2D eigenvalue weighted by Gasteiger charge is 2.59. The maximum atomic E-state index is 12.9. The number of carbonyl (C=O) groups excluding carboxylic acids is 2. The van der Waals surface area contributed by atoms with Crippen LogP contribution in [-0.2, 0) is 25.7 Å². The van der Waals surface area contributed by atoms with E-state index in [1.165, 1.54) is 28.7 Å². The standard InChI is InChI=1S/C18H23N3O6S/c1-27-9-18(17(25)26)8-20-15(24)14(16(20)28-10-18)21(13(23)6-19)12-4-2-11(7-22)3-5-12/h2-5,14,16,22H,6-10,19H2,1H3,(H,25,26)/t14?,16-,18?/m1/s1. The van der Waals surface area contributed by atoms with Crippen molar-refractivity contribution >= 4 is 35.2 Å². The number of rotatable bonds is 7. The van der Waals surface area contributed by atoms with Crippen molar-refractivity contribution < 1.29 is 29.3 Å². The lowest BCUT2D eigenvalue weighted by Gasteiger charge is -2.56. The second-order valence-corrected chi connectivity index (χ2v) is 8.03. The fourth-order valence-corrected chi connectivity index (χ4v) is 5.15. The number of carbonyl (C=O) groups is 3. The van der Waals surface area contributed by atoms with Crippen LogP contribution in [-0.4, -0.2) is 76.9 Å². The summed E-state index contributed by atoms with van der Waals surface area (Å²) in [5, 5.41) is 18.5. The van der Waals surface area contributed by atoms with Gasteiger partial charge in [0.1, 0.15) is 16.8 Å². The first kappa shape index (κ1) is 20.6. The third kappa shape index (κ3) is 3.37. The monoisotopic (exact) mass is 409 g/mol. The first-order valence-electron chi connectivity index (χ1n) is 8.75. The Balaban J connectivity index is 1.85. The van der Waals surface area contributed by atoms with Gasteiger partial charge in [-0.15, -0.1) is 11.8 Å². The highest BCUT2D eigenvalue weighted by atomic mass is 32.2. The van der Waals surface area contributed by atoms with Crippen molar-refractivity contribution in [2.45, 2.75) is 18.0 Å². The fraction of sp³-hybridized carbons (Fsp3) is 0.500. The van der Waals surface area contributed by atoms with E-state index in [1.807, 2.05) is 0 Å². The lowest BCUT2D eigenvalue weighted by atomic mass is 9.87. The molecule has 28 heavy (non-hydrogen) atoms. The van der Waals surface area contributed by atoms with Gasteiger partial charge in [-0.05, 0) is 17.7 Å². The van der Waals surface area contributed by atoms with Gasteiger partial charge in [0.2, 0.25) is 11.8 Å². The van der Waals surface area contributed by atoms with E-state index < -0.39 is 23.3 Å². The number of aliphatic hydroxyl groups is 1. The molecule has 2 heterocycles. The Morgan fingerprint density at radius 2 is 2.07 bits per heavy atom. The van der Waals surface area contributed by atoms with Crippen molar-refractivity contribution in [3.05, 3.63) is 29.8 Å². The van der Waals surface area contributed by atoms with E-state index in [0.717, 1.165) is 0 Å². The molecule has 0 spiro atoms. The quantitative estimate of drug-likeness (QED) is 0.512. The number of anilines is 1. The van der Waals surface area contributed by atoms with Gasteiger partial charge in [-0.3, -0.25) is 19.3 Å². The number of hydrogen-bond donors (Lipinski definition) is 3. The zero-order valence-corrected chi connectivity index (χ0v) is 16.2. The van der Waals surface area contributed by atoms with Gasteiger partial charge in [-0.25, -0.2) is 0 Å². The molecule has 9 nitrogen and oxygen atoms in total. The first-order valence-corrected chi connectivity index (χ1v) is 9.80. The van der Waals surface area contributed by atoms with E-state index in [-0.39, 0.29) is 43.3 Å². The molecule has 2 amide bonds. The van der Waals surface area contributed by atoms with Crippen LogP contribution < -0.4 is 10.6 Å². The second-order valence-electron chi connectivity index (χ2n) is 6.92. The Kier molecular flexibility index (Phi) is 5.94. The second kappa shape index (κ2) is 8.08. The van der Waals surface area contributed by atoms with Crippen LogP contribution >= 0.6 is 11.8 Å². The molecule has 2 aliphatic rings. The lowest BCUT2D eigenvalue weighted by Crippen LogP contribution is -2.75. The molecule has 2 fully saturated rings. The molecule has 3 atom stereocenters. The lowest BCUT2D eigenvalue weighted by molar-refractivity contribution is -0.160. The van der Waals surface area contributed by atoms with E-state index in [4.69, 9.17) is 10.5 Å². The number of ether oxygens (including phenoxy) is 1. The summed E-state index contributed by atoms with van der Waals surface area (Å²) in [6.45, 7) is -0.343. The molecular formula is C18H23N3O6S. The normalized spacial score (nSPS) is 26.4. The molecule has 4 N–H and O–H groups in total. The highest BCUT2D eigenvalue weighted by molar-refractivity contribution is 8.00. The number of carboxylic acid groups (broad SMARTS) is 1. The summed E-state index contributed by atoms with van der Waals surface area (Å²) in [5.74, 6) is -1.45. The number of hydrogen-bond acceptors (Lipinski definition) is 7. The summed E-state index contributed by atoms with van der Waals surface area (Å²) in [6.07, 6.45) is 0. The Morgan fingerprint density at radius 1 is 1.39 bits per heavy atom. The van der Waals surface area contributed by atoms with E-state index in [1.54, 1.807) is 24.3 Å². The number of thioether (sulfide) groups is 1. The van der Waals surface area contributed by atoms with Crippen LogP contribution in [0, 0.1) is 5.41 Å². The van der Waals surface area contributed by atoms with Crippen molar-refractivity contribution in [2.75, 3.05) is 37.5 Å². The third-order valence-corrected chi connectivity index (χ3v) is 6.68. The number of aliphatic carboxylic acids is 1. The molecule has 152 valence electrons. The molecule has 0 radical (unpaired) electrons. The van der Waals surface area contributed by atoms with E-state index in [9.17, 15) is 24.6 Å². The summed E-state index contributed by atoms with van der Waals surface area (Å²) < 4.78 is 5.08. The summed E-state index contributed by atoms with van der Waals surface area (Å²) >= 11 is 1.33. The summed E-state index contributed by atoms with van der Waals surface area (Å²) in [5.41, 5.74) is 5.59. The zero-order chi connectivity index (χ0) is 20.5. The number of fused-ring (bicyclic) bond motifs is 1. The number of amides is 2. The van der Waals surface area contributed by atoms with Crippen LogP contribution in [0.1, 0.15) is 5.56 Å². The number of benzene rings is 1. The van der Waals surface area contributed by atoms with Gasteiger partial charge in [0.15, 0.2) is 0 Å². The largest absolute Gasteiger partial charge is 0.481 e. The van der Waals surface area contributed by atoms with Crippen molar-refractivity contribution in [2.24, 2.45) is 11.1 Å². The number of β-lactam (4-membered cyclic amide) rings is 1. The summed E-state index contributed by atoms with van der Waals surface area (Å²) in [6, 6.07) is 5.93. The van der Waals surface area contributed by atoms with Gasteiger partial charge < -0.3 is 25.6 Å². The van der Waals surface area contributed by atoms with Gasteiger partial charge in [-0.1, -0.05) is 12.1 Å². The number of carboxylic acids is 1. The Morgan fingerprint density at radius 3 is 2.61 bits per heavy atom. The minimum absolute atomic E-state index is 0.00453. The van der Waals surface area contributed by atoms with Crippen molar-refractivity contribution in [3.8, 4) is 0 Å². The van der Waals surface area contributed by atoms with Crippen molar-refractivity contribution in [1.29, 1.82) is 0 Å². The molecule has 2 unspecified atom stereocenters. The molecule has 0 aliphatic carbocycles. The molecule has 0 saturated carbocycles. The van der Waals surface area contributed by atoms with E-state index in [2.05, 4.69) is 0 Å². The molecule has 1 aromatic rings. The highest BCUT2D eigenvalue weighted by Crippen LogP contribution is 2.45. The Hall–Kier alpha value is -2.14. The van der Waals surface area contributed by atoms with Crippen molar-refractivity contribution in [1.82, 2.24) is 4.90 Å². The van der Waals surface area contributed by atoms with Crippen LogP contribution in [0.5, 0.6) is 0 Å².